The molecule has 22 heavy (non-hydrogen) atoms. The highest BCUT2D eigenvalue weighted by Crippen LogP contribution is 2.33. The molecule has 7 heteroatoms. The second kappa shape index (κ2) is 7.51. The van der Waals surface area contributed by atoms with Crippen LogP contribution < -0.4 is 10.1 Å². The van der Waals surface area contributed by atoms with Crippen LogP contribution in [0.15, 0.2) is 12.1 Å². The van der Waals surface area contributed by atoms with E-state index in [2.05, 4.69) is 5.32 Å². The Morgan fingerprint density at radius 3 is 2.59 bits per heavy atom. The maximum Gasteiger partial charge on any atom is 0.256 e. The molecule has 0 atom stereocenters. The third-order valence-corrected chi connectivity index (χ3v) is 4.07. The van der Waals surface area contributed by atoms with E-state index in [0.29, 0.717) is 31.2 Å². The number of carbonyl (C=O) groups is 1. The Hall–Kier alpha value is -1.01. The minimum Gasteiger partial charge on any atom is -0.494 e. The Morgan fingerprint density at radius 2 is 1.95 bits per heavy atom. The van der Waals surface area contributed by atoms with Gasteiger partial charge < -0.3 is 19.5 Å². The average Bonchev–Trinajstić information content (AvgIpc) is 2.49. The molecule has 0 aliphatic carbocycles. The van der Waals surface area contributed by atoms with Crippen molar-refractivity contribution >= 4 is 29.1 Å². The van der Waals surface area contributed by atoms with Crippen molar-refractivity contribution in [3.8, 4) is 5.75 Å². The van der Waals surface area contributed by atoms with E-state index in [-0.39, 0.29) is 22.2 Å². The van der Waals surface area contributed by atoms with E-state index < -0.39 is 5.79 Å². The average molecular weight is 348 g/mol. The van der Waals surface area contributed by atoms with E-state index in [4.69, 9.17) is 37.4 Å². The van der Waals surface area contributed by atoms with Crippen molar-refractivity contribution in [3.05, 3.63) is 27.7 Å². The van der Waals surface area contributed by atoms with Gasteiger partial charge in [0.25, 0.3) is 5.91 Å². The fourth-order valence-corrected chi connectivity index (χ4v) is 2.73. The zero-order valence-electron chi connectivity index (χ0n) is 12.6. The number of nitrogens with one attached hydrogen (secondary N) is 1. The maximum absolute atomic E-state index is 12.3. The molecule has 1 aliphatic heterocycles. The Bertz CT molecular complexity index is 545. The van der Waals surface area contributed by atoms with Crippen molar-refractivity contribution in [1.29, 1.82) is 0 Å². The van der Waals surface area contributed by atoms with Gasteiger partial charge in [-0.1, -0.05) is 23.2 Å². The van der Waals surface area contributed by atoms with Gasteiger partial charge >= 0.3 is 0 Å². The number of amides is 1. The van der Waals surface area contributed by atoms with Gasteiger partial charge in [0.2, 0.25) is 0 Å². The van der Waals surface area contributed by atoms with Crippen LogP contribution in [0.1, 0.15) is 30.1 Å². The molecule has 1 amide bonds. The Morgan fingerprint density at radius 1 is 1.32 bits per heavy atom. The monoisotopic (exact) mass is 347 g/mol. The number of benzene rings is 1. The summed E-state index contributed by atoms with van der Waals surface area (Å²) in [6, 6.07) is 3.15. The largest absolute Gasteiger partial charge is 0.494 e. The van der Waals surface area contributed by atoms with E-state index in [1.54, 1.807) is 12.1 Å². The lowest BCUT2D eigenvalue weighted by Crippen LogP contribution is -2.41. The lowest BCUT2D eigenvalue weighted by atomic mass is 10.1. The molecule has 1 heterocycles. The van der Waals surface area contributed by atoms with Gasteiger partial charge in [-0.05, 0) is 25.5 Å². The van der Waals surface area contributed by atoms with Gasteiger partial charge in [0.05, 0.1) is 30.4 Å². The predicted octanol–water partition coefficient (Wildman–Crippen LogP) is 3.28. The van der Waals surface area contributed by atoms with E-state index in [1.165, 1.54) is 7.11 Å². The fraction of sp³-hybridized carbons (Fsp3) is 0.533. The lowest BCUT2D eigenvalue weighted by molar-refractivity contribution is -0.257. The zero-order valence-corrected chi connectivity index (χ0v) is 14.1. The standard InChI is InChI=1S/C15H19Cl2NO4/c1-15(21-8-3-9-22-15)6-7-18-14(19)12-10(16)4-5-11(17)13(12)20-2/h4-5H,3,6-9H2,1-2H3,(H,18,19). The van der Waals surface area contributed by atoms with Crippen molar-refractivity contribution in [2.45, 2.75) is 25.6 Å². The second-order valence-corrected chi connectivity index (χ2v) is 5.94. The van der Waals surface area contributed by atoms with Crippen molar-refractivity contribution in [3.63, 3.8) is 0 Å². The number of carbonyl (C=O) groups excluding carboxylic acids is 1. The molecule has 0 radical (unpaired) electrons. The smallest absolute Gasteiger partial charge is 0.256 e. The van der Waals surface area contributed by atoms with Gasteiger partial charge in [0, 0.05) is 13.0 Å². The van der Waals surface area contributed by atoms with Crippen LogP contribution in [0.5, 0.6) is 5.75 Å². The predicted molar refractivity (Wildman–Crippen MR) is 84.9 cm³/mol. The number of ether oxygens (including phenoxy) is 3. The van der Waals surface area contributed by atoms with Gasteiger partial charge in [0.15, 0.2) is 11.5 Å². The molecule has 1 saturated heterocycles. The van der Waals surface area contributed by atoms with Crippen molar-refractivity contribution in [1.82, 2.24) is 5.32 Å². The molecule has 0 unspecified atom stereocenters. The van der Waals surface area contributed by atoms with Crippen LogP contribution in [0.4, 0.5) is 0 Å². The fourth-order valence-electron chi connectivity index (χ4n) is 2.26. The first-order valence-corrected chi connectivity index (χ1v) is 7.80. The van der Waals surface area contributed by atoms with Crippen molar-refractivity contribution < 1.29 is 19.0 Å². The SMILES string of the molecule is COc1c(Cl)ccc(Cl)c1C(=O)NCCC1(C)OCCCO1. The normalized spacial score (nSPS) is 17.1. The summed E-state index contributed by atoms with van der Waals surface area (Å²) in [6.07, 6.45) is 1.43. The van der Waals surface area contributed by atoms with Gasteiger partial charge in [-0.3, -0.25) is 4.79 Å². The minimum atomic E-state index is -0.659. The van der Waals surface area contributed by atoms with Crippen molar-refractivity contribution in [2.75, 3.05) is 26.9 Å². The molecule has 0 spiro atoms. The number of halogens is 2. The minimum absolute atomic E-state index is 0.229. The zero-order chi connectivity index (χ0) is 16.2. The molecule has 122 valence electrons. The summed E-state index contributed by atoms with van der Waals surface area (Å²) in [5.41, 5.74) is 0.229. The van der Waals surface area contributed by atoms with Crippen molar-refractivity contribution in [2.24, 2.45) is 0 Å². The molecule has 1 aliphatic rings. The van der Waals surface area contributed by atoms with E-state index in [0.717, 1.165) is 6.42 Å². The van der Waals surface area contributed by atoms with Gasteiger partial charge in [0.1, 0.15) is 5.56 Å². The van der Waals surface area contributed by atoms with Gasteiger partial charge in [-0.2, -0.15) is 0 Å². The van der Waals surface area contributed by atoms with Gasteiger partial charge in [-0.15, -0.1) is 0 Å². The summed E-state index contributed by atoms with van der Waals surface area (Å²) in [6.45, 7) is 3.59. The van der Waals surface area contributed by atoms with E-state index >= 15 is 0 Å². The third kappa shape index (κ3) is 4.04. The van der Waals surface area contributed by atoms with Crippen LogP contribution >= 0.6 is 23.2 Å². The number of hydrogen-bond donors (Lipinski definition) is 1. The Labute approximate surface area is 139 Å². The molecule has 0 saturated carbocycles. The molecule has 0 aromatic heterocycles. The van der Waals surface area contributed by atoms with Crippen LogP contribution in [-0.4, -0.2) is 38.6 Å². The van der Waals surface area contributed by atoms with Crippen LogP contribution in [0.25, 0.3) is 0 Å². The molecule has 1 aromatic carbocycles. The number of hydrogen-bond acceptors (Lipinski definition) is 4. The Kier molecular flexibility index (Phi) is 5.92. The molecule has 1 N–H and O–H groups in total. The summed E-state index contributed by atoms with van der Waals surface area (Å²) in [7, 11) is 1.44. The van der Waals surface area contributed by atoms with E-state index in [9.17, 15) is 4.79 Å². The molecule has 5 nitrogen and oxygen atoms in total. The highest BCUT2D eigenvalue weighted by atomic mass is 35.5. The molecular weight excluding hydrogens is 329 g/mol. The first kappa shape index (κ1) is 17.3. The summed E-state index contributed by atoms with van der Waals surface area (Å²) in [4.78, 5) is 12.3. The van der Waals surface area contributed by atoms with Gasteiger partial charge in [-0.25, -0.2) is 0 Å². The molecule has 1 fully saturated rings. The second-order valence-electron chi connectivity index (χ2n) is 5.13. The summed E-state index contributed by atoms with van der Waals surface area (Å²) < 4.78 is 16.4. The molecule has 0 bridgehead atoms. The lowest BCUT2D eigenvalue weighted by Gasteiger charge is -2.33. The topological polar surface area (TPSA) is 56.8 Å². The third-order valence-electron chi connectivity index (χ3n) is 3.46. The molecule has 1 aromatic rings. The van der Waals surface area contributed by atoms with Crippen LogP contribution in [0.3, 0.4) is 0 Å². The van der Waals surface area contributed by atoms with Crippen LogP contribution in [-0.2, 0) is 9.47 Å². The first-order valence-electron chi connectivity index (χ1n) is 7.05. The molecular formula is C15H19Cl2NO4. The van der Waals surface area contributed by atoms with Crippen LogP contribution in [0.2, 0.25) is 10.0 Å². The molecule has 2 rings (SSSR count). The quantitative estimate of drug-likeness (QED) is 0.887. The summed E-state index contributed by atoms with van der Waals surface area (Å²) in [5.74, 6) is -0.736. The first-order chi connectivity index (χ1) is 10.5. The number of rotatable bonds is 5. The maximum atomic E-state index is 12.3. The highest BCUT2D eigenvalue weighted by molar-refractivity contribution is 6.37. The highest BCUT2D eigenvalue weighted by Gasteiger charge is 2.29. The Balaban J connectivity index is 1.99. The number of methoxy groups -OCH3 is 1. The summed E-state index contributed by atoms with van der Waals surface area (Å²) in [5, 5.41) is 3.42. The summed E-state index contributed by atoms with van der Waals surface area (Å²) >= 11 is 12.1. The van der Waals surface area contributed by atoms with E-state index in [1.807, 2.05) is 6.92 Å². The van der Waals surface area contributed by atoms with Crippen LogP contribution in [0, 0.1) is 0 Å².